The fourth-order valence-corrected chi connectivity index (χ4v) is 6.06. The van der Waals surface area contributed by atoms with Gasteiger partial charge in [-0.1, -0.05) is 36.7 Å². The van der Waals surface area contributed by atoms with E-state index in [1.807, 2.05) is 4.90 Å². The number of halogens is 1. The summed E-state index contributed by atoms with van der Waals surface area (Å²) in [7, 11) is 0. The molecule has 0 aromatic heterocycles. The number of nitrogens with zero attached hydrogens (tertiary/aromatic N) is 2. The molecule has 4 rings (SSSR count). The molecule has 2 fully saturated rings. The lowest BCUT2D eigenvalue weighted by atomic mass is 9.65. The maximum atomic E-state index is 12.7. The molecule has 1 saturated heterocycles. The lowest BCUT2D eigenvalue weighted by Crippen LogP contribution is -2.44. The summed E-state index contributed by atoms with van der Waals surface area (Å²) in [6, 6.07) is 5.41. The summed E-state index contributed by atoms with van der Waals surface area (Å²) in [6.07, 6.45) is 3.81. The summed E-state index contributed by atoms with van der Waals surface area (Å²) in [6.45, 7) is 8.42. The zero-order valence-electron chi connectivity index (χ0n) is 17.3. The van der Waals surface area contributed by atoms with Crippen LogP contribution in [0.5, 0.6) is 0 Å². The summed E-state index contributed by atoms with van der Waals surface area (Å²) < 4.78 is 0.777. The Morgan fingerprint density at radius 2 is 1.90 bits per heavy atom. The third-order valence-electron chi connectivity index (χ3n) is 6.44. The Kier molecular flexibility index (Phi) is 5.00. The number of carbonyl (C=O) groups is 3. The molecule has 156 valence electrons. The van der Waals surface area contributed by atoms with Crippen molar-refractivity contribution in [2.75, 3.05) is 19.6 Å². The van der Waals surface area contributed by atoms with E-state index in [-0.39, 0.29) is 28.7 Å². The first-order valence-corrected chi connectivity index (χ1v) is 11.1. The largest absolute Gasteiger partial charge is 0.338 e. The van der Waals surface area contributed by atoms with E-state index in [1.54, 1.807) is 18.2 Å². The standard InChI is InChI=1S/C22H28BrN3O3/c1-21(2)10-15-11-22(3,12-21)13-26(15)20(29)24-7-4-8-25-18(27)16-6-5-14(23)9-17(16)19(25)28/h5-6,9,15H,4,7-8,10-13H2,1-3H3,(H,24,29). The van der Waals surface area contributed by atoms with Gasteiger partial charge < -0.3 is 10.2 Å². The average Bonchev–Trinajstić information content (AvgIpc) is 3.01. The van der Waals surface area contributed by atoms with Gasteiger partial charge in [0.1, 0.15) is 0 Å². The normalized spacial score (nSPS) is 27.4. The Bertz CT molecular complexity index is 884. The lowest BCUT2D eigenvalue weighted by molar-refractivity contribution is 0.0653. The molecule has 2 atom stereocenters. The fourth-order valence-electron chi connectivity index (χ4n) is 5.70. The van der Waals surface area contributed by atoms with Gasteiger partial charge in [-0.05, 0) is 54.7 Å². The molecule has 1 aromatic carbocycles. The average molecular weight is 462 g/mol. The second kappa shape index (κ2) is 7.11. The smallest absolute Gasteiger partial charge is 0.317 e. The molecule has 1 aromatic rings. The van der Waals surface area contributed by atoms with Crippen LogP contribution in [0, 0.1) is 10.8 Å². The Morgan fingerprint density at radius 3 is 2.66 bits per heavy atom. The van der Waals surface area contributed by atoms with E-state index >= 15 is 0 Å². The number of carbonyl (C=O) groups excluding carboxylic acids is 3. The van der Waals surface area contributed by atoms with Crippen LogP contribution in [0.25, 0.3) is 0 Å². The van der Waals surface area contributed by atoms with Crippen molar-refractivity contribution in [3.05, 3.63) is 33.8 Å². The minimum absolute atomic E-state index is 0.0253. The summed E-state index contributed by atoms with van der Waals surface area (Å²) in [5.41, 5.74) is 1.36. The number of urea groups is 1. The predicted molar refractivity (Wildman–Crippen MR) is 114 cm³/mol. The number of rotatable bonds is 4. The molecule has 29 heavy (non-hydrogen) atoms. The zero-order chi connectivity index (χ0) is 21.0. The Hall–Kier alpha value is -1.89. The summed E-state index contributed by atoms with van der Waals surface area (Å²) in [4.78, 5) is 41.0. The summed E-state index contributed by atoms with van der Waals surface area (Å²) in [5.74, 6) is -0.520. The van der Waals surface area contributed by atoms with Crippen LogP contribution >= 0.6 is 15.9 Å². The topological polar surface area (TPSA) is 69.7 Å². The van der Waals surface area contributed by atoms with Crippen LogP contribution in [0.1, 0.15) is 67.2 Å². The molecule has 0 spiro atoms. The van der Waals surface area contributed by atoms with Crippen LogP contribution in [0.3, 0.4) is 0 Å². The van der Waals surface area contributed by atoms with Gasteiger partial charge in [-0.15, -0.1) is 0 Å². The third-order valence-corrected chi connectivity index (χ3v) is 6.94. The molecule has 3 aliphatic rings. The van der Waals surface area contributed by atoms with Gasteiger partial charge in [0.25, 0.3) is 11.8 Å². The van der Waals surface area contributed by atoms with Crippen molar-refractivity contribution in [3.63, 3.8) is 0 Å². The maximum absolute atomic E-state index is 12.7. The van der Waals surface area contributed by atoms with Gasteiger partial charge in [0.15, 0.2) is 0 Å². The molecule has 1 saturated carbocycles. The van der Waals surface area contributed by atoms with Crippen LogP contribution in [-0.4, -0.2) is 53.3 Å². The van der Waals surface area contributed by atoms with Crippen molar-refractivity contribution >= 4 is 33.8 Å². The number of hydrogen-bond donors (Lipinski definition) is 1. The number of amides is 4. The number of benzene rings is 1. The van der Waals surface area contributed by atoms with Crippen molar-refractivity contribution in [2.45, 2.75) is 52.5 Å². The SMILES string of the molecule is CC1(C)CC2CC(C)(CN2C(=O)NCCCN2C(=O)c3ccc(Br)cc3C2=O)C1. The van der Waals surface area contributed by atoms with E-state index in [0.29, 0.717) is 36.7 Å². The van der Waals surface area contributed by atoms with E-state index in [0.717, 1.165) is 30.3 Å². The van der Waals surface area contributed by atoms with E-state index in [2.05, 4.69) is 42.0 Å². The van der Waals surface area contributed by atoms with Crippen LogP contribution in [0.2, 0.25) is 0 Å². The molecular formula is C22H28BrN3O3. The highest BCUT2D eigenvalue weighted by Gasteiger charge is 2.50. The number of hydrogen-bond acceptors (Lipinski definition) is 3. The monoisotopic (exact) mass is 461 g/mol. The van der Waals surface area contributed by atoms with Gasteiger partial charge in [0, 0.05) is 30.1 Å². The Balaban J connectivity index is 1.29. The summed E-state index contributed by atoms with van der Waals surface area (Å²) >= 11 is 3.34. The molecule has 1 N–H and O–H groups in total. The third kappa shape index (κ3) is 3.81. The zero-order valence-corrected chi connectivity index (χ0v) is 18.8. The first-order chi connectivity index (χ1) is 13.6. The first kappa shape index (κ1) is 20.4. The van der Waals surface area contributed by atoms with E-state index < -0.39 is 0 Å². The van der Waals surface area contributed by atoms with Crippen LogP contribution in [0.15, 0.2) is 22.7 Å². The Morgan fingerprint density at radius 1 is 1.17 bits per heavy atom. The number of nitrogens with one attached hydrogen (secondary N) is 1. The lowest BCUT2D eigenvalue weighted by Gasteiger charge is -2.39. The van der Waals surface area contributed by atoms with Crippen molar-refractivity contribution in [2.24, 2.45) is 10.8 Å². The molecule has 4 amide bonds. The molecule has 7 heteroatoms. The second-order valence-corrected chi connectivity index (χ2v) is 10.8. The van der Waals surface area contributed by atoms with Crippen LogP contribution in [-0.2, 0) is 0 Å². The minimum atomic E-state index is -0.263. The van der Waals surface area contributed by atoms with Gasteiger partial charge in [0.2, 0.25) is 0 Å². The maximum Gasteiger partial charge on any atom is 0.317 e. The highest BCUT2D eigenvalue weighted by molar-refractivity contribution is 9.10. The molecule has 1 aliphatic carbocycles. The molecule has 2 unspecified atom stereocenters. The van der Waals surface area contributed by atoms with E-state index in [9.17, 15) is 14.4 Å². The highest BCUT2D eigenvalue weighted by Crippen LogP contribution is 2.52. The molecule has 2 bridgehead atoms. The van der Waals surface area contributed by atoms with Gasteiger partial charge in [-0.2, -0.15) is 0 Å². The van der Waals surface area contributed by atoms with Gasteiger partial charge >= 0.3 is 6.03 Å². The first-order valence-electron chi connectivity index (χ1n) is 10.3. The number of likely N-dealkylation sites (tertiary alicyclic amines) is 1. The van der Waals surface area contributed by atoms with Crippen molar-refractivity contribution in [1.82, 2.24) is 15.1 Å². The molecule has 6 nitrogen and oxygen atoms in total. The quantitative estimate of drug-likeness (QED) is 0.543. The number of fused-ring (bicyclic) bond motifs is 3. The van der Waals surface area contributed by atoms with Gasteiger partial charge in [0.05, 0.1) is 11.1 Å². The number of imide groups is 1. The molecular weight excluding hydrogens is 434 g/mol. The van der Waals surface area contributed by atoms with Crippen LogP contribution in [0.4, 0.5) is 4.79 Å². The van der Waals surface area contributed by atoms with Gasteiger partial charge in [-0.3, -0.25) is 14.5 Å². The molecule has 2 aliphatic heterocycles. The molecule has 2 heterocycles. The van der Waals surface area contributed by atoms with Crippen molar-refractivity contribution < 1.29 is 14.4 Å². The molecule has 0 radical (unpaired) electrons. The van der Waals surface area contributed by atoms with Crippen molar-refractivity contribution in [1.29, 1.82) is 0 Å². The minimum Gasteiger partial charge on any atom is -0.338 e. The van der Waals surface area contributed by atoms with Crippen molar-refractivity contribution in [3.8, 4) is 0 Å². The van der Waals surface area contributed by atoms with Gasteiger partial charge in [-0.25, -0.2) is 4.79 Å². The van der Waals surface area contributed by atoms with Crippen LogP contribution < -0.4 is 5.32 Å². The van der Waals surface area contributed by atoms with E-state index in [1.165, 1.54) is 4.90 Å². The highest BCUT2D eigenvalue weighted by atomic mass is 79.9. The fraction of sp³-hybridized carbons (Fsp3) is 0.591. The Labute approximate surface area is 180 Å². The predicted octanol–water partition coefficient (Wildman–Crippen LogP) is 4.05. The van der Waals surface area contributed by atoms with E-state index in [4.69, 9.17) is 0 Å². The second-order valence-electron chi connectivity index (χ2n) is 9.88. The summed E-state index contributed by atoms with van der Waals surface area (Å²) in [5, 5.41) is 3.00.